The maximum absolute atomic E-state index is 12.3. The Bertz CT molecular complexity index is 737. The molecule has 0 spiro atoms. The number of hydrogen-bond acceptors (Lipinski definition) is 3. The number of hydrogen-bond donors (Lipinski definition) is 2. The van der Waals surface area contributed by atoms with Crippen LogP contribution < -0.4 is 5.32 Å². The highest BCUT2D eigenvalue weighted by Crippen LogP contribution is 2.18. The second-order valence-corrected chi connectivity index (χ2v) is 5.69. The van der Waals surface area contributed by atoms with Gasteiger partial charge in [-0.25, -0.2) is 4.79 Å². The van der Waals surface area contributed by atoms with E-state index in [1.54, 1.807) is 13.8 Å². The molecule has 0 fully saturated rings. The molecule has 2 aromatic rings. The fourth-order valence-electron chi connectivity index (χ4n) is 2.49. The van der Waals surface area contributed by atoms with Gasteiger partial charge >= 0.3 is 5.97 Å². The zero-order valence-electron chi connectivity index (χ0n) is 13.3. The van der Waals surface area contributed by atoms with Gasteiger partial charge in [-0.3, -0.25) is 4.79 Å². The molecular weight excluding hydrogens is 316 g/mol. The number of methoxy groups -OCH3 is 1. The lowest BCUT2D eigenvalue weighted by atomic mass is 10.1. The maximum Gasteiger partial charge on any atom is 0.339 e. The van der Waals surface area contributed by atoms with Crippen molar-refractivity contribution in [2.45, 2.75) is 20.3 Å². The molecule has 0 aliphatic rings. The van der Waals surface area contributed by atoms with Crippen LogP contribution in [0.4, 0.5) is 0 Å². The molecule has 1 aromatic carbocycles. The smallest absolute Gasteiger partial charge is 0.339 e. The largest absolute Gasteiger partial charge is 0.465 e. The first-order valence-corrected chi connectivity index (χ1v) is 7.62. The third-order valence-corrected chi connectivity index (χ3v) is 3.88. The van der Waals surface area contributed by atoms with E-state index in [1.807, 2.05) is 24.3 Å². The van der Waals surface area contributed by atoms with E-state index in [9.17, 15) is 9.59 Å². The molecule has 1 heterocycles. The first-order chi connectivity index (χ1) is 10.9. The second kappa shape index (κ2) is 7.33. The third-order valence-electron chi connectivity index (χ3n) is 3.64. The Hall–Kier alpha value is -2.27. The van der Waals surface area contributed by atoms with E-state index in [-0.39, 0.29) is 5.91 Å². The van der Waals surface area contributed by atoms with E-state index < -0.39 is 5.97 Å². The third kappa shape index (κ3) is 3.93. The maximum atomic E-state index is 12.3. The molecule has 2 rings (SSSR count). The van der Waals surface area contributed by atoms with E-state index in [0.29, 0.717) is 40.5 Å². The summed E-state index contributed by atoms with van der Waals surface area (Å²) in [5.41, 5.74) is 3.05. The molecule has 0 atom stereocenters. The van der Waals surface area contributed by atoms with Gasteiger partial charge in [0.05, 0.1) is 12.7 Å². The number of nitrogens with one attached hydrogen (secondary N) is 2. The van der Waals surface area contributed by atoms with Gasteiger partial charge in [-0.2, -0.15) is 0 Å². The predicted octanol–water partition coefficient (Wildman–Crippen LogP) is 3.04. The van der Waals surface area contributed by atoms with Gasteiger partial charge in [0, 0.05) is 17.3 Å². The predicted molar refractivity (Wildman–Crippen MR) is 89.1 cm³/mol. The van der Waals surface area contributed by atoms with Gasteiger partial charge < -0.3 is 15.0 Å². The van der Waals surface area contributed by atoms with Gasteiger partial charge in [-0.1, -0.05) is 23.7 Å². The van der Waals surface area contributed by atoms with Crippen molar-refractivity contribution in [3.63, 3.8) is 0 Å². The van der Waals surface area contributed by atoms with E-state index >= 15 is 0 Å². The monoisotopic (exact) mass is 334 g/mol. The SMILES string of the molecule is COC(=O)c1c(C)[nH]c(C(=O)NCCc2cccc(Cl)c2)c1C. The number of aryl methyl sites for hydroxylation is 1. The quantitative estimate of drug-likeness (QED) is 0.825. The number of aromatic amines is 1. The fourth-order valence-corrected chi connectivity index (χ4v) is 2.70. The average molecular weight is 335 g/mol. The van der Waals surface area contributed by atoms with Crippen molar-refractivity contribution in [2.75, 3.05) is 13.7 Å². The summed E-state index contributed by atoms with van der Waals surface area (Å²) >= 11 is 5.93. The van der Waals surface area contributed by atoms with Crippen LogP contribution in [-0.4, -0.2) is 30.5 Å². The topological polar surface area (TPSA) is 71.2 Å². The number of amides is 1. The van der Waals surface area contributed by atoms with Gasteiger partial charge in [-0.05, 0) is 43.5 Å². The molecule has 0 saturated heterocycles. The number of benzene rings is 1. The Kier molecular flexibility index (Phi) is 5.45. The lowest BCUT2D eigenvalue weighted by Gasteiger charge is -2.06. The molecule has 0 radical (unpaired) electrons. The molecule has 0 bridgehead atoms. The molecular formula is C17H19ClN2O3. The Balaban J connectivity index is 2.03. The van der Waals surface area contributed by atoms with Crippen molar-refractivity contribution in [3.8, 4) is 0 Å². The summed E-state index contributed by atoms with van der Waals surface area (Å²) in [6.45, 7) is 3.94. The van der Waals surface area contributed by atoms with Crippen molar-refractivity contribution in [1.29, 1.82) is 0 Å². The van der Waals surface area contributed by atoms with Crippen molar-refractivity contribution in [2.24, 2.45) is 0 Å². The van der Waals surface area contributed by atoms with Gasteiger partial charge in [-0.15, -0.1) is 0 Å². The Morgan fingerprint density at radius 3 is 2.70 bits per heavy atom. The van der Waals surface area contributed by atoms with Crippen LogP contribution in [0.15, 0.2) is 24.3 Å². The number of halogens is 1. The molecule has 0 aliphatic carbocycles. The summed E-state index contributed by atoms with van der Waals surface area (Å²) in [4.78, 5) is 27.0. The molecule has 1 amide bonds. The summed E-state index contributed by atoms with van der Waals surface area (Å²) in [6.07, 6.45) is 0.675. The van der Waals surface area contributed by atoms with E-state index in [4.69, 9.17) is 16.3 Å². The lowest BCUT2D eigenvalue weighted by molar-refractivity contribution is 0.0599. The van der Waals surface area contributed by atoms with Crippen molar-refractivity contribution in [3.05, 3.63) is 57.4 Å². The van der Waals surface area contributed by atoms with Crippen LogP contribution in [0.2, 0.25) is 5.02 Å². The highest BCUT2D eigenvalue weighted by molar-refractivity contribution is 6.30. The summed E-state index contributed by atoms with van der Waals surface area (Å²) < 4.78 is 4.74. The molecule has 0 aliphatic heterocycles. The van der Waals surface area contributed by atoms with Crippen LogP contribution in [0.25, 0.3) is 0 Å². The summed E-state index contributed by atoms with van der Waals surface area (Å²) in [6, 6.07) is 7.51. The molecule has 0 unspecified atom stereocenters. The minimum absolute atomic E-state index is 0.247. The van der Waals surface area contributed by atoms with Crippen LogP contribution in [0.3, 0.4) is 0 Å². The number of H-pyrrole nitrogens is 1. The summed E-state index contributed by atoms with van der Waals surface area (Å²) in [5.74, 6) is -0.697. The molecule has 5 nitrogen and oxygen atoms in total. The summed E-state index contributed by atoms with van der Waals surface area (Å²) in [5, 5.41) is 3.51. The zero-order chi connectivity index (χ0) is 17.0. The molecule has 23 heavy (non-hydrogen) atoms. The van der Waals surface area contributed by atoms with E-state index in [1.165, 1.54) is 7.11 Å². The van der Waals surface area contributed by atoms with Gasteiger partial charge in [0.25, 0.3) is 5.91 Å². The highest BCUT2D eigenvalue weighted by atomic mass is 35.5. The van der Waals surface area contributed by atoms with Crippen molar-refractivity contribution < 1.29 is 14.3 Å². The molecule has 6 heteroatoms. The highest BCUT2D eigenvalue weighted by Gasteiger charge is 2.22. The van der Waals surface area contributed by atoms with Crippen LogP contribution >= 0.6 is 11.6 Å². The van der Waals surface area contributed by atoms with Crippen molar-refractivity contribution >= 4 is 23.5 Å². The first kappa shape index (κ1) is 17.1. The number of esters is 1. The Labute approximate surface area is 140 Å². The average Bonchev–Trinajstić information content (AvgIpc) is 2.81. The minimum atomic E-state index is -0.450. The molecule has 1 aromatic heterocycles. The number of rotatable bonds is 5. The lowest BCUT2D eigenvalue weighted by Crippen LogP contribution is -2.26. The van der Waals surface area contributed by atoms with Crippen LogP contribution in [0, 0.1) is 13.8 Å². The number of carbonyl (C=O) groups excluding carboxylic acids is 2. The Morgan fingerprint density at radius 1 is 1.30 bits per heavy atom. The first-order valence-electron chi connectivity index (χ1n) is 7.24. The number of carbonyl (C=O) groups is 2. The molecule has 0 saturated carbocycles. The fraction of sp³-hybridized carbons (Fsp3) is 0.294. The number of aromatic nitrogens is 1. The van der Waals surface area contributed by atoms with Crippen LogP contribution in [-0.2, 0) is 11.2 Å². The second-order valence-electron chi connectivity index (χ2n) is 5.25. The van der Waals surface area contributed by atoms with Crippen molar-refractivity contribution in [1.82, 2.24) is 10.3 Å². The minimum Gasteiger partial charge on any atom is -0.465 e. The molecule has 122 valence electrons. The van der Waals surface area contributed by atoms with Gasteiger partial charge in [0.1, 0.15) is 5.69 Å². The van der Waals surface area contributed by atoms with E-state index in [2.05, 4.69) is 10.3 Å². The van der Waals surface area contributed by atoms with Crippen LogP contribution in [0.5, 0.6) is 0 Å². The Morgan fingerprint density at radius 2 is 2.04 bits per heavy atom. The van der Waals surface area contributed by atoms with Crippen LogP contribution in [0.1, 0.15) is 37.7 Å². The summed E-state index contributed by atoms with van der Waals surface area (Å²) in [7, 11) is 1.32. The van der Waals surface area contributed by atoms with Gasteiger partial charge in [0.15, 0.2) is 0 Å². The molecule has 2 N–H and O–H groups in total. The normalized spacial score (nSPS) is 10.4. The number of ether oxygens (including phenoxy) is 1. The zero-order valence-corrected chi connectivity index (χ0v) is 14.1. The van der Waals surface area contributed by atoms with E-state index in [0.717, 1.165) is 5.56 Å². The van der Waals surface area contributed by atoms with Gasteiger partial charge in [0.2, 0.25) is 0 Å². The standard InChI is InChI=1S/C17H19ClN2O3/c1-10-14(17(22)23-3)11(2)20-15(10)16(21)19-8-7-12-5-4-6-13(18)9-12/h4-6,9,20H,7-8H2,1-3H3,(H,19,21).